The monoisotopic (exact) mass is 319 g/mol. The molecule has 0 spiro atoms. The van der Waals surface area contributed by atoms with Crippen LogP contribution >= 0.6 is 0 Å². The quantitative estimate of drug-likeness (QED) is 0.771. The van der Waals surface area contributed by atoms with Crippen LogP contribution in [0, 0.1) is 0 Å². The highest BCUT2D eigenvalue weighted by atomic mass is 16.2. The van der Waals surface area contributed by atoms with Crippen molar-refractivity contribution in [2.75, 3.05) is 20.6 Å². The summed E-state index contributed by atoms with van der Waals surface area (Å²) in [5, 5.41) is 2.83. The van der Waals surface area contributed by atoms with Crippen LogP contribution in [0.4, 0.5) is 0 Å². The molecule has 0 aromatic heterocycles. The first-order valence-corrected chi connectivity index (χ1v) is 8.13. The molecule has 3 N–H and O–H groups in total. The molecule has 1 unspecified atom stereocenters. The first-order valence-electron chi connectivity index (χ1n) is 8.13. The molecule has 23 heavy (non-hydrogen) atoms. The maximum atomic E-state index is 11.8. The molecule has 0 heterocycles. The third-order valence-electron chi connectivity index (χ3n) is 3.84. The van der Waals surface area contributed by atoms with Gasteiger partial charge >= 0.3 is 0 Å². The van der Waals surface area contributed by atoms with Gasteiger partial charge in [0, 0.05) is 39.5 Å². The minimum atomic E-state index is -0.219. The van der Waals surface area contributed by atoms with Crippen molar-refractivity contribution in [3.63, 3.8) is 0 Å². The third-order valence-corrected chi connectivity index (χ3v) is 3.84. The summed E-state index contributed by atoms with van der Waals surface area (Å²) in [4.78, 5) is 24.7. The minimum absolute atomic E-state index is 0.0414. The van der Waals surface area contributed by atoms with Crippen LogP contribution in [-0.4, -0.2) is 37.4 Å². The lowest BCUT2D eigenvalue weighted by atomic mass is 9.99. The molecule has 0 aliphatic heterocycles. The van der Waals surface area contributed by atoms with Gasteiger partial charge in [-0.3, -0.25) is 9.59 Å². The summed E-state index contributed by atoms with van der Waals surface area (Å²) in [6, 6.07) is 7.97. The van der Waals surface area contributed by atoms with Crippen molar-refractivity contribution in [3.05, 3.63) is 35.4 Å². The SMILES string of the molecule is CC(C)c1ccc(C(N)CNC(=O)CCCC(=O)N(C)C)cc1. The lowest BCUT2D eigenvalue weighted by Gasteiger charge is -2.15. The number of nitrogens with zero attached hydrogens (tertiary/aromatic N) is 1. The number of amides is 2. The van der Waals surface area contributed by atoms with Crippen LogP contribution in [-0.2, 0) is 9.59 Å². The first kappa shape index (κ1) is 19.2. The predicted molar refractivity (Wildman–Crippen MR) is 93.0 cm³/mol. The van der Waals surface area contributed by atoms with Gasteiger partial charge in [-0.2, -0.15) is 0 Å². The Morgan fingerprint density at radius 2 is 1.65 bits per heavy atom. The molecule has 0 aliphatic carbocycles. The van der Waals surface area contributed by atoms with Crippen molar-refractivity contribution in [3.8, 4) is 0 Å². The molecule has 0 saturated carbocycles. The van der Waals surface area contributed by atoms with Crippen LogP contribution in [0.5, 0.6) is 0 Å². The largest absolute Gasteiger partial charge is 0.354 e. The standard InChI is InChI=1S/C18H29N3O2/c1-13(2)14-8-10-15(11-9-14)16(19)12-20-17(22)6-5-7-18(23)21(3)4/h8-11,13,16H,5-7,12,19H2,1-4H3,(H,20,22). The topological polar surface area (TPSA) is 75.4 Å². The van der Waals surface area contributed by atoms with E-state index in [-0.39, 0.29) is 17.9 Å². The Morgan fingerprint density at radius 1 is 1.09 bits per heavy atom. The summed E-state index contributed by atoms with van der Waals surface area (Å²) in [5.41, 5.74) is 8.40. The van der Waals surface area contributed by atoms with Gasteiger partial charge in [-0.05, 0) is 23.5 Å². The van der Waals surface area contributed by atoms with Crippen molar-refractivity contribution in [1.29, 1.82) is 0 Å². The Bertz CT molecular complexity index is 510. The minimum Gasteiger partial charge on any atom is -0.354 e. The second-order valence-electron chi connectivity index (χ2n) is 6.37. The molecule has 0 bridgehead atoms. The molecule has 128 valence electrons. The maximum absolute atomic E-state index is 11.8. The molecule has 1 aromatic rings. The fraction of sp³-hybridized carbons (Fsp3) is 0.556. The molecule has 5 nitrogen and oxygen atoms in total. The summed E-state index contributed by atoms with van der Waals surface area (Å²) >= 11 is 0. The Labute approximate surface area is 139 Å². The summed E-state index contributed by atoms with van der Waals surface area (Å²) in [6.45, 7) is 4.70. The number of carbonyl (C=O) groups is 2. The van der Waals surface area contributed by atoms with Gasteiger partial charge < -0.3 is 16.0 Å². The average Bonchev–Trinajstić information content (AvgIpc) is 2.52. The van der Waals surface area contributed by atoms with Crippen LogP contribution in [0.1, 0.15) is 56.2 Å². The number of benzene rings is 1. The third kappa shape index (κ3) is 6.82. The van der Waals surface area contributed by atoms with Gasteiger partial charge in [-0.25, -0.2) is 0 Å². The fourth-order valence-electron chi connectivity index (χ4n) is 2.18. The summed E-state index contributed by atoms with van der Waals surface area (Å²) < 4.78 is 0. The maximum Gasteiger partial charge on any atom is 0.222 e. The highest BCUT2D eigenvalue weighted by Crippen LogP contribution is 2.17. The van der Waals surface area contributed by atoms with E-state index in [2.05, 4.69) is 31.3 Å². The molecule has 1 rings (SSSR count). The van der Waals surface area contributed by atoms with Gasteiger partial charge in [0.2, 0.25) is 11.8 Å². The van der Waals surface area contributed by atoms with E-state index < -0.39 is 0 Å². The number of nitrogens with one attached hydrogen (secondary N) is 1. The van der Waals surface area contributed by atoms with Gasteiger partial charge in [0.15, 0.2) is 0 Å². The van der Waals surface area contributed by atoms with Crippen molar-refractivity contribution in [2.45, 2.75) is 45.1 Å². The van der Waals surface area contributed by atoms with Gasteiger partial charge in [0.05, 0.1) is 0 Å². The molecular weight excluding hydrogens is 290 g/mol. The van der Waals surface area contributed by atoms with Crippen LogP contribution in [0.3, 0.4) is 0 Å². The normalized spacial score (nSPS) is 12.1. The van der Waals surface area contributed by atoms with E-state index >= 15 is 0 Å². The van der Waals surface area contributed by atoms with E-state index in [0.717, 1.165) is 5.56 Å². The number of nitrogens with two attached hydrogens (primary N) is 1. The second-order valence-corrected chi connectivity index (χ2v) is 6.37. The Hall–Kier alpha value is -1.88. The lowest BCUT2D eigenvalue weighted by Crippen LogP contribution is -2.32. The van der Waals surface area contributed by atoms with E-state index in [1.165, 1.54) is 10.5 Å². The molecule has 0 radical (unpaired) electrons. The van der Waals surface area contributed by atoms with E-state index in [4.69, 9.17) is 5.73 Å². The zero-order chi connectivity index (χ0) is 17.4. The molecule has 2 amide bonds. The fourth-order valence-corrected chi connectivity index (χ4v) is 2.18. The predicted octanol–water partition coefficient (Wildman–Crippen LogP) is 2.18. The van der Waals surface area contributed by atoms with Crippen molar-refractivity contribution in [1.82, 2.24) is 10.2 Å². The number of carbonyl (C=O) groups excluding carboxylic acids is 2. The van der Waals surface area contributed by atoms with E-state index in [9.17, 15) is 9.59 Å². The van der Waals surface area contributed by atoms with Crippen molar-refractivity contribution >= 4 is 11.8 Å². The molecule has 0 aliphatic rings. The average molecular weight is 319 g/mol. The zero-order valence-corrected chi connectivity index (χ0v) is 14.6. The summed E-state index contributed by atoms with van der Waals surface area (Å²) in [5.74, 6) is 0.468. The second kappa shape index (κ2) is 9.30. The molecule has 1 aromatic carbocycles. The number of rotatable bonds is 8. The Kier molecular flexibility index (Phi) is 7.75. The highest BCUT2D eigenvalue weighted by Gasteiger charge is 2.10. The molecule has 5 heteroatoms. The van der Waals surface area contributed by atoms with Gasteiger partial charge in [-0.15, -0.1) is 0 Å². The number of hydrogen-bond donors (Lipinski definition) is 2. The van der Waals surface area contributed by atoms with Gasteiger partial charge in [0.25, 0.3) is 0 Å². The van der Waals surface area contributed by atoms with Crippen molar-refractivity contribution in [2.24, 2.45) is 5.73 Å². The van der Waals surface area contributed by atoms with E-state index in [1.54, 1.807) is 14.1 Å². The summed E-state index contributed by atoms with van der Waals surface area (Å²) in [6.07, 6.45) is 1.29. The van der Waals surface area contributed by atoms with Crippen LogP contribution in [0.25, 0.3) is 0 Å². The Morgan fingerprint density at radius 3 is 2.17 bits per heavy atom. The molecule has 0 fully saturated rings. The summed E-state index contributed by atoms with van der Waals surface area (Å²) in [7, 11) is 3.43. The Balaban J connectivity index is 2.33. The van der Waals surface area contributed by atoms with Crippen molar-refractivity contribution < 1.29 is 9.59 Å². The van der Waals surface area contributed by atoms with E-state index in [1.807, 2.05) is 12.1 Å². The van der Waals surface area contributed by atoms with E-state index in [0.29, 0.717) is 31.7 Å². The lowest BCUT2D eigenvalue weighted by molar-refractivity contribution is -0.129. The first-order chi connectivity index (χ1) is 10.8. The molecule has 1 atom stereocenters. The smallest absolute Gasteiger partial charge is 0.222 e. The van der Waals surface area contributed by atoms with Crippen LogP contribution in [0.2, 0.25) is 0 Å². The van der Waals surface area contributed by atoms with Crippen LogP contribution in [0.15, 0.2) is 24.3 Å². The molecule has 0 saturated heterocycles. The number of hydrogen-bond acceptors (Lipinski definition) is 3. The van der Waals surface area contributed by atoms with Crippen LogP contribution < -0.4 is 11.1 Å². The zero-order valence-electron chi connectivity index (χ0n) is 14.6. The van der Waals surface area contributed by atoms with Gasteiger partial charge in [0.1, 0.15) is 0 Å². The van der Waals surface area contributed by atoms with Gasteiger partial charge in [-0.1, -0.05) is 38.1 Å². The highest BCUT2D eigenvalue weighted by molar-refractivity contribution is 5.78. The molecular formula is C18H29N3O2.